The molecule has 0 bridgehead atoms. The molecule has 0 atom stereocenters. The number of hydrogen-bond acceptors (Lipinski definition) is 2. The van der Waals surface area contributed by atoms with Crippen molar-refractivity contribution in [1.29, 1.82) is 0 Å². The minimum atomic E-state index is -0.0953. The van der Waals surface area contributed by atoms with Gasteiger partial charge in [-0.05, 0) is 29.3 Å². The molecule has 0 aliphatic carbocycles. The first-order valence-corrected chi connectivity index (χ1v) is 5.31. The third-order valence-electron chi connectivity index (χ3n) is 2.97. The van der Waals surface area contributed by atoms with E-state index in [4.69, 9.17) is 0 Å². The summed E-state index contributed by atoms with van der Waals surface area (Å²) < 4.78 is 0. The van der Waals surface area contributed by atoms with Crippen LogP contribution in [0.5, 0.6) is 5.75 Å². The van der Waals surface area contributed by atoms with Gasteiger partial charge in [-0.25, -0.2) is 0 Å². The number of benzene rings is 1. The Morgan fingerprint density at radius 3 is 2.25 bits per heavy atom. The maximum Gasteiger partial charge on any atom is 0.115 e. The molecule has 0 unspecified atom stereocenters. The standard InChI is InChI=1S/C14H15NO/c1-14(2,12-4-3-9-15-10-12)11-5-7-13(16)8-6-11/h3-10,16H,1-2H3. The van der Waals surface area contributed by atoms with Gasteiger partial charge in [0.05, 0.1) is 0 Å². The van der Waals surface area contributed by atoms with Crippen LogP contribution in [-0.2, 0) is 5.41 Å². The van der Waals surface area contributed by atoms with Gasteiger partial charge in [-0.1, -0.05) is 32.0 Å². The highest BCUT2D eigenvalue weighted by Crippen LogP contribution is 2.31. The molecule has 0 spiro atoms. The zero-order chi connectivity index (χ0) is 11.6. The van der Waals surface area contributed by atoms with Gasteiger partial charge < -0.3 is 5.11 Å². The van der Waals surface area contributed by atoms with E-state index in [0.29, 0.717) is 5.75 Å². The van der Waals surface area contributed by atoms with Crippen LogP contribution in [-0.4, -0.2) is 10.1 Å². The summed E-state index contributed by atoms with van der Waals surface area (Å²) in [5.74, 6) is 0.297. The Hall–Kier alpha value is -1.83. The molecule has 1 N–H and O–H groups in total. The Balaban J connectivity index is 2.43. The van der Waals surface area contributed by atoms with Crippen molar-refractivity contribution < 1.29 is 5.11 Å². The van der Waals surface area contributed by atoms with Gasteiger partial charge >= 0.3 is 0 Å². The third kappa shape index (κ3) is 1.91. The number of aromatic nitrogens is 1. The highest BCUT2D eigenvalue weighted by Gasteiger charge is 2.22. The van der Waals surface area contributed by atoms with Gasteiger partial charge in [-0.15, -0.1) is 0 Å². The predicted molar refractivity (Wildman–Crippen MR) is 64.5 cm³/mol. The fourth-order valence-electron chi connectivity index (χ4n) is 1.78. The lowest BCUT2D eigenvalue weighted by molar-refractivity contribution is 0.474. The van der Waals surface area contributed by atoms with E-state index in [2.05, 4.69) is 24.9 Å². The topological polar surface area (TPSA) is 33.1 Å². The van der Waals surface area contributed by atoms with E-state index in [1.807, 2.05) is 24.4 Å². The van der Waals surface area contributed by atoms with E-state index in [9.17, 15) is 5.11 Å². The van der Waals surface area contributed by atoms with Crippen LogP contribution in [0.25, 0.3) is 0 Å². The Labute approximate surface area is 95.6 Å². The largest absolute Gasteiger partial charge is 0.508 e. The van der Waals surface area contributed by atoms with E-state index in [1.165, 1.54) is 11.1 Å². The molecule has 0 aliphatic heterocycles. The fraction of sp³-hybridized carbons (Fsp3) is 0.214. The van der Waals surface area contributed by atoms with Crippen LogP contribution in [0.2, 0.25) is 0 Å². The van der Waals surface area contributed by atoms with Gasteiger partial charge in [0.15, 0.2) is 0 Å². The molecule has 1 aromatic carbocycles. The van der Waals surface area contributed by atoms with Gasteiger partial charge in [0.2, 0.25) is 0 Å². The lowest BCUT2D eigenvalue weighted by atomic mass is 9.79. The fourth-order valence-corrected chi connectivity index (χ4v) is 1.78. The van der Waals surface area contributed by atoms with Crippen LogP contribution >= 0.6 is 0 Å². The number of hydrogen-bond donors (Lipinski definition) is 1. The Bertz CT molecular complexity index is 460. The maximum atomic E-state index is 9.28. The van der Waals surface area contributed by atoms with Crippen LogP contribution < -0.4 is 0 Å². The summed E-state index contributed by atoms with van der Waals surface area (Å²) in [6.45, 7) is 4.30. The number of aromatic hydroxyl groups is 1. The summed E-state index contributed by atoms with van der Waals surface area (Å²) in [6, 6.07) is 11.3. The zero-order valence-electron chi connectivity index (χ0n) is 9.51. The second kappa shape index (κ2) is 3.97. The van der Waals surface area contributed by atoms with Crippen molar-refractivity contribution in [1.82, 2.24) is 4.98 Å². The van der Waals surface area contributed by atoms with Gasteiger partial charge in [0, 0.05) is 17.8 Å². The van der Waals surface area contributed by atoms with Crippen molar-refractivity contribution in [3.05, 3.63) is 59.9 Å². The minimum Gasteiger partial charge on any atom is -0.508 e. The summed E-state index contributed by atoms with van der Waals surface area (Å²) in [5, 5.41) is 9.28. The average Bonchev–Trinajstić information content (AvgIpc) is 2.31. The average molecular weight is 213 g/mol. The zero-order valence-corrected chi connectivity index (χ0v) is 9.51. The normalized spacial score (nSPS) is 11.4. The minimum absolute atomic E-state index is 0.0953. The van der Waals surface area contributed by atoms with Crippen molar-refractivity contribution in [3.63, 3.8) is 0 Å². The van der Waals surface area contributed by atoms with Crippen LogP contribution in [0.4, 0.5) is 0 Å². The van der Waals surface area contributed by atoms with Gasteiger partial charge in [-0.3, -0.25) is 4.98 Å². The van der Waals surface area contributed by atoms with Crippen molar-refractivity contribution in [2.75, 3.05) is 0 Å². The monoisotopic (exact) mass is 213 g/mol. The van der Waals surface area contributed by atoms with Gasteiger partial charge in [-0.2, -0.15) is 0 Å². The Morgan fingerprint density at radius 2 is 1.69 bits per heavy atom. The lowest BCUT2D eigenvalue weighted by Crippen LogP contribution is -2.18. The molecule has 1 heterocycles. The molecule has 2 nitrogen and oxygen atoms in total. The lowest BCUT2D eigenvalue weighted by Gasteiger charge is -2.25. The molecule has 0 aliphatic rings. The van der Waals surface area contributed by atoms with Gasteiger partial charge in [0.1, 0.15) is 5.75 Å². The van der Waals surface area contributed by atoms with Crippen molar-refractivity contribution >= 4 is 0 Å². The highest BCUT2D eigenvalue weighted by molar-refractivity contribution is 5.38. The van der Waals surface area contributed by atoms with Crippen molar-refractivity contribution in [2.45, 2.75) is 19.3 Å². The van der Waals surface area contributed by atoms with Crippen LogP contribution in [0.15, 0.2) is 48.8 Å². The highest BCUT2D eigenvalue weighted by atomic mass is 16.3. The Kier molecular flexibility index (Phi) is 2.65. The summed E-state index contributed by atoms with van der Waals surface area (Å²) in [6.07, 6.45) is 3.66. The molecular formula is C14H15NO. The number of phenolic OH excluding ortho intramolecular Hbond substituents is 1. The second-order valence-electron chi connectivity index (χ2n) is 4.41. The van der Waals surface area contributed by atoms with Crippen LogP contribution in [0.3, 0.4) is 0 Å². The van der Waals surface area contributed by atoms with E-state index in [1.54, 1.807) is 18.3 Å². The molecule has 2 aromatic rings. The first kappa shape index (κ1) is 10.7. The van der Waals surface area contributed by atoms with E-state index in [0.717, 1.165) is 0 Å². The first-order valence-electron chi connectivity index (χ1n) is 5.31. The van der Waals surface area contributed by atoms with Crippen LogP contribution in [0.1, 0.15) is 25.0 Å². The summed E-state index contributed by atoms with van der Waals surface area (Å²) in [5.41, 5.74) is 2.24. The third-order valence-corrected chi connectivity index (χ3v) is 2.97. The molecule has 0 fully saturated rings. The van der Waals surface area contributed by atoms with Crippen molar-refractivity contribution in [2.24, 2.45) is 0 Å². The number of nitrogens with zero attached hydrogens (tertiary/aromatic N) is 1. The molecule has 0 saturated carbocycles. The molecule has 0 saturated heterocycles. The molecule has 82 valence electrons. The number of pyridine rings is 1. The maximum absolute atomic E-state index is 9.28. The van der Waals surface area contributed by atoms with Crippen molar-refractivity contribution in [3.8, 4) is 5.75 Å². The second-order valence-corrected chi connectivity index (χ2v) is 4.41. The molecule has 2 heteroatoms. The van der Waals surface area contributed by atoms with E-state index in [-0.39, 0.29) is 5.41 Å². The van der Waals surface area contributed by atoms with E-state index >= 15 is 0 Å². The molecule has 1 aromatic heterocycles. The summed E-state index contributed by atoms with van der Waals surface area (Å²) in [7, 11) is 0. The summed E-state index contributed by atoms with van der Waals surface area (Å²) >= 11 is 0. The Morgan fingerprint density at radius 1 is 1.00 bits per heavy atom. The molecule has 0 radical (unpaired) electrons. The number of rotatable bonds is 2. The molecule has 16 heavy (non-hydrogen) atoms. The number of phenols is 1. The SMILES string of the molecule is CC(C)(c1ccc(O)cc1)c1cccnc1. The molecule has 2 rings (SSSR count). The van der Waals surface area contributed by atoms with Crippen LogP contribution in [0, 0.1) is 0 Å². The van der Waals surface area contributed by atoms with Gasteiger partial charge in [0.25, 0.3) is 0 Å². The summed E-state index contributed by atoms with van der Waals surface area (Å²) in [4.78, 5) is 4.14. The molecular weight excluding hydrogens is 198 g/mol. The molecule has 0 amide bonds. The first-order chi connectivity index (χ1) is 7.60. The predicted octanol–water partition coefficient (Wildman–Crippen LogP) is 3.11. The quantitative estimate of drug-likeness (QED) is 0.831. The van der Waals surface area contributed by atoms with E-state index < -0.39 is 0 Å². The smallest absolute Gasteiger partial charge is 0.115 e.